The van der Waals surface area contributed by atoms with Crippen LogP contribution in [0.3, 0.4) is 0 Å². The van der Waals surface area contributed by atoms with Crippen LogP contribution in [0.1, 0.15) is 18.1 Å². The van der Waals surface area contributed by atoms with Gasteiger partial charge < -0.3 is 14.6 Å². The highest BCUT2D eigenvalue weighted by atomic mass is 19.4. The second-order valence-corrected chi connectivity index (χ2v) is 3.74. The van der Waals surface area contributed by atoms with Crippen molar-refractivity contribution in [1.82, 2.24) is 0 Å². The number of rotatable bonds is 3. The molecule has 2 rings (SSSR count). The smallest absolute Gasteiger partial charge is 0.392 e. The van der Waals surface area contributed by atoms with E-state index in [1.54, 1.807) is 6.07 Å². The summed E-state index contributed by atoms with van der Waals surface area (Å²) in [6.45, 7) is -0.258. The summed E-state index contributed by atoms with van der Waals surface area (Å²) < 4.78 is 45.8. The molecule has 0 aromatic heterocycles. The third-order valence-corrected chi connectivity index (χ3v) is 2.39. The summed E-state index contributed by atoms with van der Waals surface area (Å²) in [4.78, 5) is 0. The van der Waals surface area contributed by atoms with E-state index in [1.165, 1.54) is 12.1 Å². The zero-order valence-corrected chi connectivity index (χ0v) is 8.83. The first-order chi connectivity index (χ1) is 7.96. The summed E-state index contributed by atoms with van der Waals surface area (Å²) >= 11 is 0. The fourth-order valence-corrected chi connectivity index (χ4v) is 1.55. The van der Waals surface area contributed by atoms with Gasteiger partial charge in [0.25, 0.3) is 0 Å². The highest BCUT2D eigenvalue weighted by molar-refractivity contribution is 5.44. The van der Waals surface area contributed by atoms with E-state index >= 15 is 0 Å². The Labute approximate surface area is 95.8 Å². The van der Waals surface area contributed by atoms with Gasteiger partial charge in [-0.15, -0.1) is 0 Å². The first-order valence-electron chi connectivity index (χ1n) is 5.10. The van der Waals surface area contributed by atoms with Crippen LogP contribution < -0.4 is 9.47 Å². The van der Waals surface area contributed by atoms with Crippen LogP contribution in [0.15, 0.2) is 18.2 Å². The Morgan fingerprint density at radius 2 is 2.18 bits per heavy atom. The number of aliphatic hydroxyl groups is 1. The Morgan fingerprint density at radius 1 is 1.41 bits per heavy atom. The summed E-state index contributed by atoms with van der Waals surface area (Å²) in [6.07, 6.45) is -5.88. The maximum atomic E-state index is 11.9. The first-order valence-corrected chi connectivity index (χ1v) is 5.10. The standard InChI is InChI=1S/C11H11F3O3/c12-11(13,14)3-4-16-7-1-2-8-9(15)6-17-10(8)5-7/h1-2,5,9,15H,3-4,6H2. The molecule has 0 saturated carbocycles. The van der Waals surface area contributed by atoms with Gasteiger partial charge in [0.2, 0.25) is 0 Å². The van der Waals surface area contributed by atoms with Crippen LogP contribution in [-0.2, 0) is 0 Å². The molecule has 1 atom stereocenters. The monoisotopic (exact) mass is 248 g/mol. The molecule has 3 nitrogen and oxygen atoms in total. The van der Waals surface area contributed by atoms with Crippen LogP contribution in [-0.4, -0.2) is 24.5 Å². The molecule has 0 spiro atoms. The summed E-state index contributed by atoms with van der Waals surface area (Å²) in [5.74, 6) is 0.768. The molecule has 1 unspecified atom stereocenters. The fraction of sp³-hybridized carbons (Fsp3) is 0.455. The zero-order valence-electron chi connectivity index (χ0n) is 8.83. The van der Waals surface area contributed by atoms with Crippen molar-refractivity contribution in [2.75, 3.05) is 13.2 Å². The molecule has 1 heterocycles. The van der Waals surface area contributed by atoms with Crippen LogP contribution in [0, 0.1) is 0 Å². The van der Waals surface area contributed by atoms with Gasteiger partial charge in [0.15, 0.2) is 0 Å². The molecule has 1 N–H and O–H groups in total. The van der Waals surface area contributed by atoms with Crippen molar-refractivity contribution in [2.45, 2.75) is 18.7 Å². The van der Waals surface area contributed by atoms with E-state index in [0.717, 1.165) is 0 Å². The van der Waals surface area contributed by atoms with Crippen LogP contribution >= 0.6 is 0 Å². The highest BCUT2D eigenvalue weighted by Gasteiger charge is 2.27. The topological polar surface area (TPSA) is 38.7 Å². The molecule has 0 aliphatic carbocycles. The summed E-state index contributed by atoms with van der Waals surface area (Å²) in [5.41, 5.74) is 0.633. The third kappa shape index (κ3) is 3.03. The molecule has 0 amide bonds. The predicted molar refractivity (Wildman–Crippen MR) is 53.1 cm³/mol. The van der Waals surface area contributed by atoms with E-state index in [2.05, 4.69) is 0 Å². The Morgan fingerprint density at radius 3 is 2.88 bits per heavy atom. The van der Waals surface area contributed by atoms with E-state index in [9.17, 15) is 18.3 Å². The van der Waals surface area contributed by atoms with Gasteiger partial charge in [-0.05, 0) is 12.1 Å². The quantitative estimate of drug-likeness (QED) is 0.892. The minimum absolute atomic E-state index is 0.168. The Bertz CT molecular complexity index is 403. The normalized spacial score (nSPS) is 18.7. The lowest BCUT2D eigenvalue weighted by Gasteiger charge is -2.09. The van der Waals surface area contributed by atoms with Crippen molar-refractivity contribution in [1.29, 1.82) is 0 Å². The molecule has 0 saturated heterocycles. The van der Waals surface area contributed by atoms with Crippen LogP contribution in [0.4, 0.5) is 13.2 Å². The molecule has 0 bridgehead atoms. The van der Waals surface area contributed by atoms with Gasteiger partial charge in [-0.3, -0.25) is 0 Å². The predicted octanol–water partition coefficient (Wildman–Crippen LogP) is 2.44. The highest BCUT2D eigenvalue weighted by Crippen LogP contribution is 2.35. The average molecular weight is 248 g/mol. The Kier molecular flexibility index (Phi) is 3.15. The van der Waals surface area contributed by atoms with Gasteiger partial charge in [0.05, 0.1) is 13.0 Å². The molecule has 0 radical (unpaired) electrons. The number of halogens is 3. The van der Waals surface area contributed by atoms with Gasteiger partial charge in [0, 0.05) is 11.6 Å². The molecule has 6 heteroatoms. The number of ether oxygens (including phenoxy) is 2. The van der Waals surface area contributed by atoms with Gasteiger partial charge in [-0.25, -0.2) is 0 Å². The minimum Gasteiger partial charge on any atom is -0.493 e. The van der Waals surface area contributed by atoms with E-state index in [-0.39, 0.29) is 6.61 Å². The lowest BCUT2D eigenvalue weighted by Crippen LogP contribution is -2.13. The van der Waals surface area contributed by atoms with Crippen LogP contribution in [0.2, 0.25) is 0 Å². The maximum absolute atomic E-state index is 11.9. The molecule has 1 aliphatic heterocycles. The van der Waals surface area contributed by atoms with Crippen molar-refractivity contribution in [3.05, 3.63) is 23.8 Å². The minimum atomic E-state index is -4.22. The zero-order chi connectivity index (χ0) is 12.5. The molecule has 1 aromatic rings. The number of aliphatic hydroxyl groups excluding tert-OH is 1. The van der Waals surface area contributed by atoms with E-state index in [0.29, 0.717) is 17.1 Å². The Balaban J connectivity index is 1.95. The number of hydrogen-bond acceptors (Lipinski definition) is 3. The summed E-state index contributed by atoms with van der Waals surface area (Å²) in [7, 11) is 0. The number of benzene rings is 1. The van der Waals surface area contributed by atoms with E-state index < -0.39 is 25.3 Å². The molecule has 1 aliphatic rings. The molecule has 1 aromatic carbocycles. The second-order valence-electron chi connectivity index (χ2n) is 3.74. The van der Waals surface area contributed by atoms with Gasteiger partial charge in [0.1, 0.15) is 24.2 Å². The summed E-state index contributed by atoms with van der Waals surface area (Å²) in [6, 6.07) is 4.60. The van der Waals surface area contributed by atoms with E-state index in [4.69, 9.17) is 9.47 Å². The number of fused-ring (bicyclic) bond motifs is 1. The van der Waals surface area contributed by atoms with Crippen molar-refractivity contribution < 1.29 is 27.8 Å². The van der Waals surface area contributed by atoms with Gasteiger partial charge in [-0.1, -0.05) is 0 Å². The van der Waals surface area contributed by atoms with Crippen LogP contribution in [0.25, 0.3) is 0 Å². The van der Waals surface area contributed by atoms with Crippen molar-refractivity contribution in [2.24, 2.45) is 0 Å². The second kappa shape index (κ2) is 4.44. The molecular formula is C11H11F3O3. The Hall–Kier alpha value is -1.43. The third-order valence-electron chi connectivity index (χ3n) is 2.39. The summed E-state index contributed by atoms with van der Waals surface area (Å²) in [5, 5.41) is 9.44. The lowest BCUT2D eigenvalue weighted by molar-refractivity contribution is -0.139. The molecule has 0 fully saturated rings. The average Bonchev–Trinajstić information content (AvgIpc) is 2.58. The fourth-order valence-electron chi connectivity index (χ4n) is 1.55. The largest absolute Gasteiger partial charge is 0.493 e. The number of alkyl halides is 3. The molecule has 94 valence electrons. The lowest BCUT2D eigenvalue weighted by atomic mass is 10.1. The van der Waals surface area contributed by atoms with Gasteiger partial charge >= 0.3 is 6.18 Å². The molecular weight excluding hydrogens is 237 g/mol. The van der Waals surface area contributed by atoms with Crippen molar-refractivity contribution in [3.63, 3.8) is 0 Å². The van der Waals surface area contributed by atoms with Crippen molar-refractivity contribution >= 4 is 0 Å². The van der Waals surface area contributed by atoms with Crippen molar-refractivity contribution in [3.8, 4) is 11.5 Å². The first kappa shape index (κ1) is 12.0. The maximum Gasteiger partial charge on any atom is 0.392 e. The van der Waals surface area contributed by atoms with Gasteiger partial charge in [-0.2, -0.15) is 13.2 Å². The number of hydrogen-bond donors (Lipinski definition) is 1. The van der Waals surface area contributed by atoms with Crippen LogP contribution in [0.5, 0.6) is 11.5 Å². The molecule has 17 heavy (non-hydrogen) atoms. The van der Waals surface area contributed by atoms with E-state index in [1.807, 2.05) is 0 Å². The SMILES string of the molecule is OC1COc2cc(OCCC(F)(F)F)ccc21.